The highest BCUT2D eigenvalue weighted by molar-refractivity contribution is 5.93. The summed E-state index contributed by atoms with van der Waals surface area (Å²) in [6.07, 6.45) is -0.331. The van der Waals surface area contributed by atoms with Crippen LogP contribution in [0.25, 0.3) is 0 Å². The van der Waals surface area contributed by atoms with Crippen LogP contribution in [0.5, 0.6) is 0 Å². The summed E-state index contributed by atoms with van der Waals surface area (Å²) in [5.41, 5.74) is 17.4. The second kappa shape index (κ2) is 16.2. The standard InChI is InChI=1S/C26H35N7O6/c27-22(35)21(15-34)32-23(36)19(12-7-13-30-25(28)29)31-24(37)20(14-17-8-3-1-4-9-17)33-26(38)39-16-18-10-5-2-6-11-18/h1-6,8-11,19-21,34H,7,12-16H2,(H2,27,35)(H,31,37)(H,32,36)(H,33,38)(H4,28,29,30)/t19-,20-,21-/m0/s1. The summed E-state index contributed by atoms with van der Waals surface area (Å²) in [6, 6.07) is 14.4. The number of nitrogens with zero attached hydrogens (tertiary/aromatic N) is 1. The monoisotopic (exact) mass is 541 g/mol. The van der Waals surface area contributed by atoms with Crippen molar-refractivity contribution in [1.82, 2.24) is 16.0 Å². The number of aliphatic imine (C=N–C) groups is 1. The van der Waals surface area contributed by atoms with Gasteiger partial charge in [-0.15, -0.1) is 0 Å². The van der Waals surface area contributed by atoms with Gasteiger partial charge in [0.25, 0.3) is 0 Å². The summed E-state index contributed by atoms with van der Waals surface area (Å²) in [5.74, 6) is -2.50. The Kier molecular flexibility index (Phi) is 12.7. The highest BCUT2D eigenvalue weighted by atomic mass is 16.5. The molecular weight excluding hydrogens is 506 g/mol. The lowest BCUT2D eigenvalue weighted by Crippen LogP contribution is -2.57. The number of nitrogens with two attached hydrogens (primary N) is 3. The Morgan fingerprint density at radius 1 is 0.795 bits per heavy atom. The SMILES string of the molecule is NC(=O)[C@H](CO)NC(=O)[C@H](CCCN=C(N)N)NC(=O)[C@H](Cc1ccccc1)NC(=O)OCc1ccccc1. The molecule has 210 valence electrons. The third-order valence-corrected chi connectivity index (χ3v) is 5.52. The molecule has 3 atom stereocenters. The molecule has 0 unspecified atom stereocenters. The van der Waals surface area contributed by atoms with Gasteiger partial charge in [-0.25, -0.2) is 4.79 Å². The van der Waals surface area contributed by atoms with Crippen LogP contribution in [0.15, 0.2) is 65.7 Å². The molecule has 0 aliphatic heterocycles. The van der Waals surface area contributed by atoms with Gasteiger partial charge >= 0.3 is 6.09 Å². The van der Waals surface area contributed by atoms with Crippen molar-refractivity contribution in [2.45, 2.75) is 44.0 Å². The van der Waals surface area contributed by atoms with Crippen LogP contribution in [0.3, 0.4) is 0 Å². The van der Waals surface area contributed by atoms with Gasteiger partial charge in [-0.2, -0.15) is 0 Å². The fourth-order valence-corrected chi connectivity index (χ4v) is 3.49. The first-order valence-corrected chi connectivity index (χ1v) is 12.3. The summed E-state index contributed by atoms with van der Waals surface area (Å²) in [5, 5.41) is 16.8. The van der Waals surface area contributed by atoms with Crippen molar-refractivity contribution >= 4 is 29.8 Å². The van der Waals surface area contributed by atoms with E-state index in [4.69, 9.17) is 21.9 Å². The minimum Gasteiger partial charge on any atom is -0.445 e. The molecule has 0 saturated heterocycles. The van der Waals surface area contributed by atoms with Gasteiger partial charge in [-0.1, -0.05) is 60.7 Å². The second-order valence-electron chi connectivity index (χ2n) is 8.60. The van der Waals surface area contributed by atoms with Crippen LogP contribution in [0, 0.1) is 0 Å². The van der Waals surface area contributed by atoms with Gasteiger partial charge in [-0.05, 0) is 24.0 Å². The predicted molar refractivity (Wildman–Crippen MR) is 144 cm³/mol. The Labute approximate surface area is 226 Å². The Hall–Kier alpha value is -4.65. The third kappa shape index (κ3) is 11.5. The zero-order valence-electron chi connectivity index (χ0n) is 21.4. The van der Waals surface area contributed by atoms with Gasteiger partial charge in [0, 0.05) is 13.0 Å². The molecule has 0 spiro atoms. The molecule has 0 aromatic heterocycles. The zero-order valence-corrected chi connectivity index (χ0v) is 21.4. The van der Waals surface area contributed by atoms with Crippen molar-refractivity contribution in [2.24, 2.45) is 22.2 Å². The van der Waals surface area contributed by atoms with E-state index >= 15 is 0 Å². The number of aliphatic hydroxyl groups is 1. The van der Waals surface area contributed by atoms with Gasteiger partial charge in [0.15, 0.2) is 5.96 Å². The van der Waals surface area contributed by atoms with E-state index in [2.05, 4.69) is 20.9 Å². The highest BCUT2D eigenvalue weighted by Crippen LogP contribution is 2.07. The lowest BCUT2D eigenvalue weighted by Gasteiger charge is -2.24. The van der Waals surface area contributed by atoms with E-state index in [1.165, 1.54) is 0 Å². The summed E-state index contributed by atoms with van der Waals surface area (Å²) < 4.78 is 5.27. The summed E-state index contributed by atoms with van der Waals surface area (Å²) in [6.45, 7) is -0.544. The van der Waals surface area contributed by atoms with Crippen LogP contribution >= 0.6 is 0 Å². The molecular formula is C26H35N7O6. The molecule has 0 saturated carbocycles. The molecule has 39 heavy (non-hydrogen) atoms. The molecule has 0 aliphatic rings. The molecule has 0 fully saturated rings. The van der Waals surface area contributed by atoms with Crippen LogP contribution in [-0.4, -0.2) is 66.2 Å². The van der Waals surface area contributed by atoms with Crippen molar-refractivity contribution in [2.75, 3.05) is 13.2 Å². The maximum atomic E-state index is 13.3. The zero-order chi connectivity index (χ0) is 28.6. The minimum atomic E-state index is -1.35. The highest BCUT2D eigenvalue weighted by Gasteiger charge is 2.29. The number of nitrogens with one attached hydrogen (secondary N) is 3. The molecule has 2 aromatic carbocycles. The summed E-state index contributed by atoms with van der Waals surface area (Å²) in [7, 11) is 0. The molecule has 13 heteroatoms. The van der Waals surface area contributed by atoms with Crippen molar-refractivity contribution in [3.63, 3.8) is 0 Å². The largest absolute Gasteiger partial charge is 0.445 e. The van der Waals surface area contributed by atoms with E-state index in [9.17, 15) is 24.3 Å². The number of alkyl carbamates (subject to hydrolysis) is 1. The molecule has 0 heterocycles. The first kappa shape index (κ1) is 30.6. The van der Waals surface area contributed by atoms with Crippen LogP contribution in [-0.2, 0) is 32.1 Å². The normalized spacial score (nSPS) is 12.7. The fourth-order valence-electron chi connectivity index (χ4n) is 3.49. The lowest BCUT2D eigenvalue weighted by molar-refractivity contribution is -0.132. The maximum absolute atomic E-state index is 13.3. The molecule has 13 nitrogen and oxygen atoms in total. The van der Waals surface area contributed by atoms with Crippen molar-refractivity contribution in [3.05, 3.63) is 71.8 Å². The Balaban J connectivity index is 2.16. The number of carbonyl (C=O) groups is 4. The average Bonchev–Trinajstić information content (AvgIpc) is 2.92. The van der Waals surface area contributed by atoms with E-state index in [1.807, 2.05) is 12.1 Å². The quantitative estimate of drug-likeness (QED) is 0.0841. The smallest absolute Gasteiger partial charge is 0.408 e. The van der Waals surface area contributed by atoms with Crippen molar-refractivity contribution < 1.29 is 29.0 Å². The number of amides is 4. The molecule has 2 aromatic rings. The molecule has 4 amide bonds. The van der Waals surface area contributed by atoms with Gasteiger partial charge in [0.2, 0.25) is 17.7 Å². The van der Waals surface area contributed by atoms with Crippen molar-refractivity contribution in [1.29, 1.82) is 0 Å². The Bertz CT molecular complexity index is 1110. The Morgan fingerprint density at radius 2 is 1.36 bits per heavy atom. The number of rotatable bonds is 15. The van der Waals surface area contributed by atoms with E-state index in [1.54, 1.807) is 48.5 Å². The molecule has 2 rings (SSSR count). The van der Waals surface area contributed by atoms with Crippen molar-refractivity contribution in [3.8, 4) is 0 Å². The van der Waals surface area contributed by atoms with E-state index in [0.29, 0.717) is 6.42 Å². The second-order valence-corrected chi connectivity index (χ2v) is 8.60. The fraction of sp³-hybridized carbons (Fsp3) is 0.346. The maximum Gasteiger partial charge on any atom is 0.408 e. The summed E-state index contributed by atoms with van der Waals surface area (Å²) >= 11 is 0. The third-order valence-electron chi connectivity index (χ3n) is 5.52. The molecule has 10 N–H and O–H groups in total. The first-order chi connectivity index (χ1) is 18.7. The van der Waals surface area contributed by atoms with Crippen LogP contribution in [0.1, 0.15) is 24.0 Å². The lowest BCUT2D eigenvalue weighted by atomic mass is 10.0. The first-order valence-electron chi connectivity index (χ1n) is 12.3. The summed E-state index contributed by atoms with van der Waals surface area (Å²) in [4.78, 5) is 54.2. The number of carbonyl (C=O) groups excluding carboxylic acids is 4. The van der Waals surface area contributed by atoms with Crippen LogP contribution < -0.4 is 33.2 Å². The topological polar surface area (TPSA) is 224 Å². The van der Waals surface area contributed by atoms with E-state index in [0.717, 1.165) is 11.1 Å². The number of aliphatic hydroxyl groups excluding tert-OH is 1. The van der Waals surface area contributed by atoms with Gasteiger partial charge in [0.05, 0.1) is 6.61 Å². The van der Waals surface area contributed by atoms with E-state index < -0.39 is 48.5 Å². The molecule has 0 aliphatic carbocycles. The Morgan fingerprint density at radius 3 is 1.92 bits per heavy atom. The predicted octanol–water partition coefficient (Wildman–Crippen LogP) is -0.975. The number of guanidine groups is 1. The number of hydrogen-bond acceptors (Lipinski definition) is 7. The number of hydrogen-bond donors (Lipinski definition) is 7. The van der Waals surface area contributed by atoms with Gasteiger partial charge < -0.3 is 43.0 Å². The average molecular weight is 542 g/mol. The van der Waals surface area contributed by atoms with Gasteiger partial charge in [-0.3, -0.25) is 19.4 Å². The van der Waals surface area contributed by atoms with E-state index in [-0.39, 0.29) is 32.0 Å². The number of ether oxygens (including phenoxy) is 1. The molecule has 0 bridgehead atoms. The van der Waals surface area contributed by atoms with Crippen LogP contribution in [0.2, 0.25) is 0 Å². The number of benzene rings is 2. The van der Waals surface area contributed by atoms with Gasteiger partial charge in [0.1, 0.15) is 24.7 Å². The minimum absolute atomic E-state index is 0.00215. The molecule has 0 radical (unpaired) electrons. The van der Waals surface area contributed by atoms with Crippen LogP contribution in [0.4, 0.5) is 4.79 Å². The number of primary amides is 1.